The van der Waals surface area contributed by atoms with Crippen LogP contribution in [0.15, 0.2) is 24.3 Å². The molecule has 138 valence electrons. The van der Waals surface area contributed by atoms with E-state index in [1.54, 1.807) is 7.11 Å². The van der Waals surface area contributed by atoms with Crippen molar-refractivity contribution in [3.05, 3.63) is 29.8 Å². The summed E-state index contributed by atoms with van der Waals surface area (Å²) in [7, 11) is 1.68. The highest BCUT2D eigenvalue weighted by atomic mass is 32.2. The Balaban J connectivity index is 1.63. The van der Waals surface area contributed by atoms with Crippen molar-refractivity contribution in [3.8, 4) is 5.75 Å². The highest BCUT2D eigenvalue weighted by Gasteiger charge is 2.22. The maximum absolute atomic E-state index is 12.2. The molecule has 0 aliphatic carbocycles. The van der Waals surface area contributed by atoms with E-state index in [0.717, 1.165) is 38.1 Å². The lowest BCUT2D eigenvalue weighted by molar-refractivity contribution is -0.132. The summed E-state index contributed by atoms with van der Waals surface area (Å²) in [5.74, 6) is 2.42. The molecule has 2 rings (SSSR count). The molecule has 1 heterocycles. The topological polar surface area (TPSA) is 72.6 Å². The van der Waals surface area contributed by atoms with E-state index in [2.05, 4.69) is 12.1 Å². The van der Waals surface area contributed by atoms with Crippen LogP contribution in [0.25, 0.3) is 0 Å². The molecule has 1 saturated heterocycles. The molecule has 2 amide bonds. The maximum Gasteiger partial charge on any atom is 0.227 e. The predicted octanol–water partition coefficient (Wildman–Crippen LogP) is 2.48. The standard InChI is InChI=1S/C19H28N2O3S/c1-24-17-6-4-15(5-7-17)2-3-16-8-11-21(12-9-16)19(23)10-13-25-14-18(20)22/h4-7,16H,2-3,8-14H2,1H3,(H2,20,22). The number of nitrogens with two attached hydrogens (primary N) is 1. The second kappa shape index (κ2) is 10.3. The molecule has 1 aromatic carbocycles. The van der Waals surface area contributed by atoms with Crippen molar-refractivity contribution >= 4 is 23.6 Å². The van der Waals surface area contributed by atoms with Gasteiger partial charge >= 0.3 is 0 Å². The number of nitrogens with zero attached hydrogens (tertiary/aromatic N) is 1. The predicted molar refractivity (Wildman–Crippen MR) is 102 cm³/mol. The molecule has 2 N–H and O–H groups in total. The molecule has 0 bridgehead atoms. The third-order valence-electron chi connectivity index (χ3n) is 4.67. The van der Waals surface area contributed by atoms with E-state index < -0.39 is 0 Å². The van der Waals surface area contributed by atoms with Crippen molar-refractivity contribution < 1.29 is 14.3 Å². The first kappa shape index (κ1) is 19.6. The fourth-order valence-electron chi connectivity index (χ4n) is 3.12. The number of carbonyl (C=O) groups is 2. The number of amides is 2. The van der Waals surface area contributed by atoms with E-state index in [1.807, 2.05) is 17.0 Å². The summed E-state index contributed by atoms with van der Waals surface area (Å²) in [6.07, 6.45) is 4.90. The number of piperidine rings is 1. The first-order valence-corrected chi connectivity index (χ1v) is 10.0. The Hall–Kier alpha value is -1.69. The summed E-state index contributed by atoms with van der Waals surface area (Å²) in [6.45, 7) is 1.71. The zero-order chi connectivity index (χ0) is 18.1. The highest BCUT2D eigenvalue weighted by Crippen LogP contribution is 2.23. The van der Waals surface area contributed by atoms with Gasteiger partial charge in [-0.2, -0.15) is 11.8 Å². The number of carbonyl (C=O) groups excluding carboxylic acids is 2. The molecular formula is C19H28N2O3S. The second-order valence-electron chi connectivity index (χ2n) is 6.48. The van der Waals surface area contributed by atoms with Gasteiger partial charge in [0.05, 0.1) is 12.9 Å². The van der Waals surface area contributed by atoms with Crippen LogP contribution in [0.3, 0.4) is 0 Å². The van der Waals surface area contributed by atoms with E-state index in [4.69, 9.17) is 10.5 Å². The Morgan fingerprint density at radius 1 is 1.24 bits per heavy atom. The van der Waals surface area contributed by atoms with Crippen molar-refractivity contribution in [1.82, 2.24) is 4.90 Å². The molecule has 6 heteroatoms. The van der Waals surface area contributed by atoms with Crippen LogP contribution in [0, 0.1) is 5.92 Å². The quantitative estimate of drug-likeness (QED) is 0.683. The lowest BCUT2D eigenvalue weighted by Crippen LogP contribution is -2.38. The molecule has 5 nitrogen and oxygen atoms in total. The first-order valence-electron chi connectivity index (χ1n) is 8.85. The minimum atomic E-state index is -0.324. The van der Waals surface area contributed by atoms with Gasteiger partial charge in [-0.1, -0.05) is 12.1 Å². The largest absolute Gasteiger partial charge is 0.497 e. The summed E-state index contributed by atoms with van der Waals surface area (Å²) in [4.78, 5) is 24.8. The smallest absolute Gasteiger partial charge is 0.227 e. The van der Waals surface area contributed by atoms with Crippen molar-refractivity contribution in [2.75, 3.05) is 31.7 Å². The first-order chi connectivity index (χ1) is 12.1. The molecule has 0 aromatic heterocycles. The van der Waals surface area contributed by atoms with E-state index in [0.29, 0.717) is 23.8 Å². The van der Waals surface area contributed by atoms with Crippen molar-refractivity contribution in [3.63, 3.8) is 0 Å². The van der Waals surface area contributed by atoms with Gasteiger partial charge in [0.25, 0.3) is 0 Å². The average Bonchev–Trinajstić information content (AvgIpc) is 2.64. The maximum atomic E-state index is 12.2. The van der Waals surface area contributed by atoms with Crippen LogP contribution in [0.4, 0.5) is 0 Å². The SMILES string of the molecule is COc1ccc(CCC2CCN(C(=O)CCSCC(N)=O)CC2)cc1. The fourth-order valence-corrected chi connectivity index (χ4v) is 3.79. The molecule has 1 aliphatic rings. The van der Waals surface area contributed by atoms with E-state index in [9.17, 15) is 9.59 Å². The van der Waals surface area contributed by atoms with Gasteiger partial charge in [-0.05, 0) is 49.3 Å². The van der Waals surface area contributed by atoms with Gasteiger partial charge in [0.1, 0.15) is 5.75 Å². The average molecular weight is 365 g/mol. The fraction of sp³-hybridized carbons (Fsp3) is 0.579. The number of primary amides is 1. The lowest BCUT2D eigenvalue weighted by atomic mass is 9.90. The van der Waals surface area contributed by atoms with Crippen LogP contribution >= 0.6 is 11.8 Å². The summed E-state index contributed by atoms with van der Waals surface area (Å²) in [5.41, 5.74) is 6.43. The van der Waals surface area contributed by atoms with Gasteiger partial charge in [0.2, 0.25) is 11.8 Å². The van der Waals surface area contributed by atoms with Gasteiger partial charge in [-0.15, -0.1) is 0 Å². The number of ether oxygens (including phenoxy) is 1. The second-order valence-corrected chi connectivity index (χ2v) is 7.58. The Bertz CT molecular complexity index is 554. The van der Waals surface area contributed by atoms with Gasteiger partial charge in [-0.3, -0.25) is 9.59 Å². The third kappa shape index (κ3) is 6.98. The molecular weight excluding hydrogens is 336 g/mol. The van der Waals surface area contributed by atoms with Crippen molar-refractivity contribution in [2.45, 2.75) is 32.1 Å². The number of hydrogen-bond donors (Lipinski definition) is 1. The number of rotatable bonds is 9. The summed E-state index contributed by atoms with van der Waals surface area (Å²) < 4.78 is 5.18. The Morgan fingerprint density at radius 3 is 2.52 bits per heavy atom. The molecule has 0 unspecified atom stereocenters. The zero-order valence-electron chi connectivity index (χ0n) is 14.9. The van der Waals surface area contributed by atoms with Crippen molar-refractivity contribution in [1.29, 1.82) is 0 Å². The van der Waals surface area contributed by atoms with Crippen LogP contribution in [0.2, 0.25) is 0 Å². The van der Waals surface area contributed by atoms with Gasteiger partial charge in [0, 0.05) is 25.3 Å². The molecule has 0 spiro atoms. The number of likely N-dealkylation sites (tertiary alicyclic amines) is 1. The number of hydrogen-bond acceptors (Lipinski definition) is 4. The number of aryl methyl sites for hydroxylation is 1. The minimum absolute atomic E-state index is 0.200. The van der Waals surface area contributed by atoms with Gasteiger partial charge in [-0.25, -0.2) is 0 Å². The third-order valence-corrected chi connectivity index (χ3v) is 5.65. The van der Waals surface area contributed by atoms with Crippen LogP contribution in [0.5, 0.6) is 5.75 Å². The lowest BCUT2D eigenvalue weighted by Gasteiger charge is -2.32. The van der Waals surface area contributed by atoms with E-state index >= 15 is 0 Å². The Morgan fingerprint density at radius 2 is 1.92 bits per heavy atom. The normalized spacial score (nSPS) is 15.2. The Labute approximate surface area is 154 Å². The number of methoxy groups -OCH3 is 1. The van der Waals surface area contributed by atoms with Crippen LogP contribution in [0.1, 0.15) is 31.2 Å². The number of benzene rings is 1. The molecule has 0 atom stereocenters. The summed E-state index contributed by atoms with van der Waals surface area (Å²) in [6, 6.07) is 8.27. The van der Waals surface area contributed by atoms with Gasteiger partial charge < -0.3 is 15.4 Å². The summed E-state index contributed by atoms with van der Waals surface area (Å²) in [5, 5.41) is 0. The molecule has 0 saturated carbocycles. The summed E-state index contributed by atoms with van der Waals surface area (Å²) >= 11 is 1.43. The van der Waals surface area contributed by atoms with Crippen LogP contribution in [-0.2, 0) is 16.0 Å². The zero-order valence-corrected chi connectivity index (χ0v) is 15.7. The molecule has 1 aliphatic heterocycles. The molecule has 0 radical (unpaired) electrons. The number of thioether (sulfide) groups is 1. The molecule has 25 heavy (non-hydrogen) atoms. The van der Waals surface area contributed by atoms with E-state index in [1.165, 1.54) is 23.7 Å². The van der Waals surface area contributed by atoms with Gasteiger partial charge in [0.15, 0.2) is 0 Å². The monoisotopic (exact) mass is 364 g/mol. The molecule has 1 aromatic rings. The van der Waals surface area contributed by atoms with E-state index in [-0.39, 0.29) is 11.8 Å². The highest BCUT2D eigenvalue weighted by molar-refractivity contribution is 7.99. The van der Waals surface area contributed by atoms with Crippen LogP contribution in [-0.4, -0.2) is 48.4 Å². The minimum Gasteiger partial charge on any atom is -0.497 e. The van der Waals surface area contributed by atoms with Crippen molar-refractivity contribution in [2.24, 2.45) is 11.7 Å². The Kier molecular flexibility index (Phi) is 8.12. The van der Waals surface area contributed by atoms with Crippen LogP contribution < -0.4 is 10.5 Å². The molecule has 1 fully saturated rings.